The Labute approximate surface area is 129 Å². The van der Waals surface area contributed by atoms with E-state index >= 15 is 0 Å². The first kappa shape index (κ1) is 14.7. The van der Waals surface area contributed by atoms with Gasteiger partial charge >= 0.3 is 6.01 Å². The van der Waals surface area contributed by atoms with Crippen molar-refractivity contribution >= 4 is 0 Å². The molecule has 3 rings (SSSR count). The van der Waals surface area contributed by atoms with Crippen molar-refractivity contribution in [3.8, 4) is 23.1 Å². The van der Waals surface area contributed by atoms with Gasteiger partial charge in [0.1, 0.15) is 5.69 Å². The first-order chi connectivity index (χ1) is 10.6. The van der Waals surface area contributed by atoms with Gasteiger partial charge in [0.05, 0.1) is 26.0 Å². The SMILES string of the molecule is COc1ncc(-c2cc([C@H]3C[C@@H]3C(C)C)cnn2)c(OC)n1. The van der Waals surface area contributed by atoms with Crippen molar-refractivity contribution in [2.75, 3.05) is 14.2 Å². The highest BCUT2D eigenvalue weighted by molar-refractivity contribution is 5.64. The van der Waals surface area contributed by atoms with Crippen LogP contribution in [-0.4, -0.2) is 34.4 Å². The molecule has 22 heavy (non-hydrogen) atoms. The lowest BCUT2D eigenvalue weighted by Gasteiger charge is -2.09. The van der Waals surface area contributed by atoms with Crippen molar-refractivity contribution < 1.29 is 9.47 Å². The predicted molar refractivity (Wildman–Crippen MR) is 81.8 cm³/mol. The summed E-state index contributed by atoms with van der Waals surface area (Å²) in [6, 6.07) is 2.33. The summed E-state index contributed by atoms with van der Waals surface area (Å²) in [6.07, 6.45) is 4.73. The van der Waals surface area contributed by atoms with Crippen LogP contribution in [0, 0.1) is 11.8 Å². The Hall–Kier alpha value is -2.24. The summed E-state index contributed by atoms with van der Waals surface area (Å²) in [5.41, 5.74) is 2.67. The lowest BCUT2D eigenvalue weighted by Crippen LogP contribution is -2.00. The molecule has 1 fully saturated rings. The van der Waals surface area contributed by atoms with E-state index in [9.17, 15) is 0 Å². The third kappa shape index (κ3) is 2.73. The summed E-state index contributed by atoms with van der Waals surface area (Å²) in [4.78, 5) is 8.33. The number of ether oxygens (including phenoxy) is 2. The van der Waals surface area contributed by atoms with Crippen molar-refractivity contribution in [2.45, 2.75) is 26.2 Å². The maximum absolute atomic E-state index is 5.32. The third-order valence-electron chi connectivity index (χ3n) is 4.18. The molecular formula is C16H20N4O2. The van der Waals surface area contributed by atoms with Crippen molar-refractivity contribution in [2.24, 2.45) is 11.8 Å². The molecule has 0 aromatic carbocycles. The molecule has 0 spiro atoms. The van der Waals surface area contributed by atoms with Crippen LogP contribution in [0.1, 0.15) is 31.7 Å². The molecule has 1 aliphatic rings. The highest BCUT2D eigenvalue weighted by atomic mass is 16.5. The molecule has 6 heteroatoms. The average Bonchev–Trinajstić information content (AvgIpc) is 3.35. The van der Waals surface area contributed by atoms with Gasteiger partial charge in [0.2, 0.25) is 5.88 Å². The zero-order valence-electron chi connectivity index (χ0n) is 13.3. The molecule has 6 nitrogen and oxygen atoms in total. The van der Waals surface area contributed by atoms with Crippen LogP contribution in [0.15, 0.2) is 18.5 Å². The second-order valence-corrected chi connectivity index (χ2v) is 5.90. The van der Waals surface area contributed by atoms with Crippen LogP contribution in [0.2, 0.25) is 0 Å². The number of hydrogen-bond acceptors (Lipinski definition) is 6. The van der Waals surface area contributed by atoms with Crippen LogP contribution in [0.3, 0.4) is 0 Å². The minimum atomic E-state index is 0.270. The lowest BCUT2D eigenvalue weighted by atomic mass is 10.0. The van der Waals surface area contributed by atoms with E-state index in [0.29, 0.717) is 17.7 Å². The van der Waals surface area contributed by atoms with Gasteiger partial charge in [-0.05, 0) is 35.8 Å². The van der Waals surface area contributed by atoms with Gasteiger partial charge in [-0.3, -0.25) is 0 Å². The molecule has 2 heterocycles. The number of rotatable bonds is 5. The van der Waals surface area contributed by atoms with Crippen molar-refractivity contribution in [1.82, 2.24) is 20.2 Å². The van der Waals surface area contributed by atoms with E-state index in [1.807, 2.05) is 6.20 Å². The molecule has 0 N–H and O–H groups in total. The Morgan fingerprint density at radius 3 is 2.64 bits per heavy atom. The molecule has 0 radical (unpaired) electrons. The van der Waals surface area contributed by atoms with E-state index in [0.717, 1.165) is 17.2 Å². The summed E-state index contributed by atoms with van der Waals surface area (Å²) < 4.78 is 10.3. The first-order valence-corrected chi connectivity index (χ1v) is 7.42. The third-order valence-corrected chi connectivity index (χ3v) is 4.18. The number of nitrogens with zero attached hydrogens (tertiary/aromatic N) is 4. The van der Waals surface area contributed by atoms with Gasteiger partial charge < -0.3 is 9.47 Å². The van der Waals surface area contributed by atoms with Gasteiger partial charge in [-0.2, -0.15) is 15.2 Å². The van der Waals surface area contributed by atoms with Crippen molar-refractivity contribution in [3.05, 3.63) is 24.0 Å². The quantitative estimate of drug-likeness (QED) is 0.845. The molecule has 0 unspecified atom stereocenters. The molecule has 0 bridgehead atoms. The van der Waals surface area contributed by atoms with E-state index in [2.05, 4.69) is 40.1 Å². The summed E-state index contributed by atoms with van der Waals surface area (Å²) in [7, 11) is 3.09. The summed E-state index contributed by atoms with van der Waals surface area (Å²) in [6.45, 7) is 4.53. The predicted octanol–water partition coefficient (Wildman–Crippen LogP) is 2.71. The summed E-state index contributed by atoms with van der Waals surface area (Å²) in [5.74, 6) is 2.46. The average molecular weight is 300 g/mol. The van der Waals surface area contributed by atoms with Gasteiger partial charge in [-0.1, -0.05) is 13.8 Å². The molecule has 2 aromatic heterocycles. The fourth-order valence-electron chi connectivity index (χ4n) is 2.83. The highest BCUT2D eigenvalue weighted by Gasteiger charge is 2.40. The van der Waals surface area contributed by atoms with Gasteiger partial charge in [-0.25, -0.2) is 4.98 Å². The monoisotopic (exact) mass is 300 g/mol. The van der Waals surface area contributed by atoms with E-state index in [-0.39, 0.29) is 6.01 Å². The second kappa shape index (κ2) is 5.87. The Morgan fingerprint density at radius 2 is 2.00 bits per heavy atom. The zero-order valence-corrected chi connectivity index (χ0v) is 13.3. The number of aromatic nitrogens is 4. The topological polar surface area (TPSA) is 70.0 Å². The smallest absolute Gasteiger partial charge is 0.319 e. The van der Waals surface area contributed by atoms with Crippen LogP contribution in [0.4, 0.5) is 0 Å². The second-order valence-electron chi connectivity index (χ2n) is 5.90. The molecular weight excluding hydrogens is 280 g/mol. The lowest BCUT2D eigenvalue weighted by molar-refractivity contribution is 0.353. The Balaban J connectivity index is 1.93. The van der Waals surface area contributed by atoms with Gasteiger partial charge in [0, 0.05) is 6.20 Å². The van der Waals surface area contributed by atoms with Crippen LogP contribution < -0.4 is 9.47 Å². The summed E-state index contributed by atoms with van der Waals surface area (Å²) >= 11 is 0. The number of hydrogen-bond donors (Lipinski definition) is 0. The molecule has 0 saturated heterocycles. The first-order valence-electron chi connectivity index (χ1n) is 7.42. The Bertz CT molecular complexity index is 675. The largest absolute Gasteiger partial charge is 0.480 e. The zero-order chi connectivity index (χ0) is 15.7. The highest BCUT2D eigenvalue weighted by Crippen LogP contribution is 2.51. The van der Waals surface area contributed by atoms with Crippen LogP contribution in [-0.2, 0) is 0 Å². The molecule has 2 atom stereocenters. The van der Waals surface area contributed by atoms with Gasteiger partial charge in [0.15, 0.2) is 0 Å². The molecule has 0 amide bonds. The fourth-order valence-corrected chi connectivity index (χ4v) is 2.83. The molecule has 116 valence electrons. The minimum Gasteiger partial charge on any atom is -0.480 e. The Kier molecular flexibility index (Phi) is 3.92. The number of methoxy groups -OCH3 is 2. The van der Waals surface area contributed by atoms with Crippen LogP contribution in [0.25, 0.3) is 11.3 Å². The van der Waals surface area contributed by atoms with E-state index < -0.39 is 0 Å². The van der Waals surface area contributed by atoms with Crippen molar-refractivity contribution in [1.29, 1.82) is 0 Å². The van der Waals surface area contributed by atoms with Crippen LogP contribution >= 0.6 is 0 Å². The fraction of sp³-hybridized carbons (Fsp3) is 0.500. The Morgan fingerprint density at radius 1 is 1.18 bits per heavy atom. The van der Waals surface area contributed by atoms with Crippen LogP contribution in [0.5, 0.6) is 11.9 Å². The molecule has 2 aromatic rings. The minimum absolute atomic E-state index is 0.270. The van der Waals surface area contributed by atoms with E-state index in [1.165, 1.54) is 19.1 Å². The molecule has 0 aliphatic heterocycles. The van der Waals surface area contributed by atoms with E-state index in [1.54, 1.807) is 13.3 Å². The van der Waals surface area contributed by atoms with Gasteiger partial charge in [0.25, 0.3) is 0 Å². The molecule has 1 aliphatic carbocycles. The summed E-state index contributed by atoms with van der Waals surface area (Å²) in [5, 5.41) is 8.34. The standard InChI is InChI=1S/C16H20N4O2/c1-9(2)11-6-12(11)10-5-14(20-18-7-10)13-8-17-16(22-4)19-15(13)21-3/h5,7-9,11-12H,6H2,1-4H3/t11-,12-/m1/s1. The molecule has 1 saturated carbocycles. The van der Waals surface area contributed by atoms with Gasteiger partial charge in [-0.15, -0.1) is 0 Å². The van der Waals surface area contributed by atoms with E-state index in [4.69, 9.17) is 9.47 Å². The maximum Gasteiger partial charge on any atom is 0.319 e. The van der Waals surface area contributed by atoms with Crippen molar-refractivity contribution in [3.63, 3.8) is 0 Å². The maximum atomic E-state index is 5.32. The normalized spacial score (nSPS) is 20.0.